The van der Waals surface area contributed by atoms with Gasteiger partial charge in [0.1, 0.15) is 17.9 Å². The number of carbonyl (C=O) groups excluding carboxylic acids is 1. The largest absolute Gasteiger partial charge is 0.469 e. The molecule has 0 aliphatic heterocycles. The molecule has 0 spiro atoms. The molecule has 1 unspecified atom stereocenters. The lowest BCUT2D eigenvalue weighted by molar-refractivity contribution is -0.145. The molecule has 5 nitrogen and oxygen atoms in total. The first-order chi connectivity index (χ1) is 17.2. The summed E-state index contributed by atoms with van der Waals surface area (Å²) in [5, 5.41) is 0. The van der Waals surface area contributed by atoms with Crippen LogP contribution in [0.5, 0.6) is 0 Å². The molecule has 0 fully saturated rings. The molecule has 1 atom stereocenters. The Balaban J connectivity index is 1.33. The summed E-state index contributed by atoms with van der Waals surface area (Å²) in [5.41, 5.74) is 3.68. The predicted molar refractivity (Wildman–Crippen MR) is 136 cm³/mol. The van der Waals surface area contributed by atoms with Gasteiger partial charge in [0, 0.05) is 5.56 Å². The highest BCUT2D eigenvalue weighted by Gasteiger charge is 2.18. The average Bonchev–Trinajstić information content (AvgIpc) is 3.27. The number of para-hydroxylation sites is 2. The van der Waals surface area contributed by atoms with E-state index in [1.165, 1.54) is 19.2 Å². The monoisotopic (exact) mass is 472 g/mol. The van der Waals surface area contributed by atoms with Crippen LogP contribution in [0, 0.1) is 11.7 Å². The standard InChI is InChI=1S/C29H29FN2O3/c1-34-29(33)24(14-9-10-22-17-19-25(30)20-18-22)13-7-8-21-35-32-27-16-6-5-15-26(27)31-28(32)23-11-3-2-4-12-23/h2-6,9-12,15-20,24H,7-8,13-14,21H2,1H3. The number of rotatable bonds is 11. The van der Waals surface area contributed by atoms with Crippen LogP contribution in [0.2, 0.25) is 0 Å². The van der Waals surface area contributed by atoms with Gasteiger partial charge in [-0.1, -0.05) is 66.7 Å². The third-order valence-corrected chi connectivity index (χ3v) is 5.85. The molecule has 0 N–H and O–H groups in total. The van der Waals surface area contributed by atoms with Crippen molar-refractivity contribution in [2.24, 2.45) is 5.92 Å². The van der Waals surface area contributed by atoms with Gasteiger partial charge in [0.15, 0.2) is 5.82 Å². The number of fused-ring (bicyclic) bond motifs is 1. The maximum Gasteiger partial charge on any atom is 0.308 e. The predicted octanol–water partition coefficient (Wildman–Crippen LogP) is 6.33. The molecule has 0 radical (unpaired) electrons. The Morgan fingerprint density at radius 3 is 2.51 bits per heavy atom. The summed E-state index contributed by atoms with van der Waals surface area (Å²) in [6.45, 7) is 0.500. The molecule has 1 heterocycles. The smallest absolute Gasteiger partial charge is 0.308 e. The second kappa shape index (κ2) is 12.0. The van der Waals surface area contributed by atoms with E-state index >= 15 is 0 Å². The first-order valence-electron chi connectivity index (χ1n) is 11.8. The SMILES string of the molecule is COC(=O)C(CC=Cc1ccc(F)cc1)CCCCOn1c(-c2ccccc2)nc2ccccc21. The fourth-order valence-electron chi connectivity index (χ4n) is 3.99. The van der Waals surface area contributed by atoms with E-state index in [1.54, 1.807) is 16.9 Å². The lowest BCUT2D eigenvalue weighted by atomic mass is 9.98. The van der Waals surface area contributed by atoms with Crippen LogP contribution in [-0.2, 0) is 9.53 Å². The summed E-state index contributed by atoms with van der Waals surface area (Å²) in [6, 6.07) is 24.1. The zero-order valence-electron chi connectivity index (χ0n) is 19.8. The van der Waals surface area contributed by atoms with Crippen LogP contribution >= 0.6 is 0 Å². The number of allylic oxidation sites excluding steroid dienone is 1. The van der Waals surface area contributed by atoms with Crippen molar-refractivity contribution in [3.05, 3.63) is 96.3 Å². The molecule has 35 heavy (non-hydrogen) atoms. The highest BCUT2D eigenvalue weighted by molar-refractivity contribution is 5.80. The van der Waals surface area contributed by atoms with Crippen molar-refractivity contribution < 1.29 is 18.8 Å². The van der Waals surface area contributed by atoms with E-state index < -0.39 is 0 Å². The summed E-state index contributed by atoms with van der Waals surface area (Å²) < 4.78 is 19.9. The number of ether oxygens (including phenoxy) is 1. The summed E-state index contributed by atoms with van der Waals surface area (Å²) >= 11 is 0. The number of benzene rings is 3. The minimum absolute atomic E-state index is 0.221. The van der Waals surface area contributed by atoms with Crippen LogP contribution < -0.4 is 4.84 Å². The lowest BCUT2D eigenvalue weighted by Gasteiger charge is -2.14. The third kappa shape index (κ3) is 6.35. The summed E-state index contributed by atoms with van der Waals surface area (Å²) in [5.74, 6) is 0.0499. The van der Waals surface area contributed by atoms with Crippen molar-refractivity contribution in [1.29, 1.82) is 0 Å². The molecule has 0 saturated heterocycles. The van der Waals surface area contributed by atoms with Crippen LogP contribution in [-0.4, -0.2) is 29.4 Å². The molecular weight excluding hydrogens is 443 g/mol. The van der Waals surface area contributed by atoms with Crippen molar-refractivity contribution in [1.82, 2.24) is 9.71 Å². The average molecular weight is 473 g/mol. The number of hydrogen-bond donors (Lipinski definition) is 0. The molecule has 4 rings (SSSR count). The van der Waals surface area contributed by atoms with Gasteiger partial charge in [-0.3, -0.25) is 4.79 Å². The summed E-state index contributed by atoms with van der Waals surface area (Å²) in [7, 11) is 1.41. The maximum absolute atomic E-state index is 13.1. The maximum atomic E-state index is 13.1. The number of methoxy groups -OCH3 is 1. The Kier molecular flexibility index (Phi) is 8.28. The van der Waals surface area contributed by atoms with Crippen LogP contribution in [0.15, 0.2) is 84.9 Å². The molecule has 180 valence electrons. The van der Waals surface area contributed by atoms with Gasteiger partial charge >= 0.3 is 5.97 Å². The van der Waals surface area contributed by atoms with Gasteiger partial charge in [-0.05, 0) is 55.5 Å². The van der Waals surface area contributed by atoms with Crippen molar-refractivity contribution in [3.63, 3.8) is 0 Å². The lowest BCUT2D eigenvalue weighted by Crippen LogP contribution is -2.17. The number of unbranched alkanes of at least 4 members (excludes halogenated alkanes) is 1. The molecule has 0 aliphatic rings. The molecule has 0 aliphatic carbocycles. The fourth-order valence-corrected chi connectivity index (χ4v) is 3.99. The van der Waals surface area contributed by atoms with Crippen LogP contribution in [0.1, 0.15) is 31.2 Å². The van der Waals surface area contributed by atoms with E-state index in [4.69, 9.17) is 14.6 Å². The second-order valence-corrected chi connectivity index (χ2v) is 8.32. The Bertz CT molecular complexity index is 1270. The normalized spacial score (nSPS) is 12.2. The van der Waals surface area contributed by atoms with Gasteiger partial charge in [0.2, 0.25) is 0 Å². The van der Waals surface area contributed by atoms with Crippen molar-refractivity contribution >= 4 is 23.1 Å². The van der Waals surface area contributed by atoms with E-state index in [2.05, 4.69) is 0 Å². The van der Waals surface area contributed by atoms with E-state index in [9.17, 15) is 9.18 Å². The van der Waals surface area contributed by atoms with Crippen molar-refractivity contribution in [2.45, 2.75) is 25.7 Å². The van der Waals surface area contributed by atoms with E-state index in [0.717, 1.165) is 40.8 Å². The quantitative estimate of drug-likeness (QED) is 0.189. The second-order valence-electron chi connectivity index (χ2n) is 8.32. The zero-order valence-corrected chi connectivity index (χ0v) is 19.8. The molecule has 1 aromatic heterocycles. The number of hydrogen-bond acceptors (Lipinski definition) is 4. The van der Waals surface area contributed by atoms with Crippen molar-refractivity contribution in [2.75, 3.05) is 13.7 Å². The van der Waals surface area contributed by atoms with E-state index in [0.29, 0.717) is 19.4 Å². The number of imidazole rings is 1. The van der Waals surface area contributed by atoms with Gasteiger partial charge in [-0.15, -0.1) is 0 Å². The molecule has 3 aromatic carbocycles. The van der Waals surface area contributed by atoms with E-state index in [1.807, 2.05) is 66.7 Å². The highest BCUT2D eigenvalue weighted by Crippen LogP contribution is 2.24. The number of carbonyl (C=O) groups is 1. The minimum atomic E-state index is -0.267. The molecule has 6 heteroatoms. The molecular formula is C29H29FN2O3. The van der Waals surface area contributed by atoms with Crippen LogP contribution in [0.4, 0.5) is 4.39 Å². The minimum Gasteiger partial charge on any atom is -0.469 e. The number of nitrogens with zero attached hydrogens (tertiary/aromatic N) is 2. The topological polar surface area (TPSA) is 53.4 Å². The summed E-state index contributed by atoms with van der Waals surface area (Å²) in [4.78, 5) is 23.2. The molecule has 0 amide bonds. The number of esters is 1. The van der Waals surface area contributed by atoms with Gasteiger partial charge in [-0.2, -0.15) is 4.73 Å². The number of halogens is 1. The Morgan fingerprint density at radius 1 is 1.00 bits per heavy atom. The van der Waals surface area contributed by atoms with E-state index in [-0.39, 0.29) is 17.7 Å². The Hall–Kier alpha value is -3.93. The molecule has 4 aromatic rings. The zero-order chi connectivity index (χ0) is 24.5. The molecule has 0 saturated carbocycles. The molecule has 0 bridgehead atoms. The Labute approximate surface area is 204 Å². The van der Waals surface area contributed by atoms with Crippen LogP contribution in [0.3, 0.4) is 0 Å². The van der Waals surface area contributed by atoms with Crippen molar-refractivity contribution in [3.8, 4) is 11.4 Å². The summed E-state index contributed by atoms with van der Waals surface area (Å²) in [6.07, 6.45) is 6.70. The van der Waals surface area contributed by atoms with Gasteiger partial charge < -0.3 is 9.57 Å². The Morgan fingerprint density at radius 2 is 1.74 bits per heavy atom. The van der Waals surface area contributed by atoms with Gasteiger partial charge in [-0.25, -0.2) is 9.37 Å². The first-order valence-corrected chi connectivity index (χ1v) is 11.8. The van der Waals surface area contributed by atoms with Gasteiger partial charge in [0.05, 0.1) is 18.5 Å². The highest BCUT2D eigenvalue weighted by atomic mass is 19.1. The van der Waals surface area contributed by atoms with Crippen LogP contribution in [0.25, 0.3) is 28.5 Å². The fraction of sp³-hybridized carbons (Fsp3) is 0.241. The first kappa shape index (κ1) is 24.2. The van der Waals surface area contributed by atoms with Gasteiger partial charge in [0.25, 0.3) is 0 Å². The number of aromatic nitrogens is 2. The third-order valence-electron chi connectivity index (χ3n) is 5.85.